The first-order valence-electron chi connectivity index (χ1n) is 5.31. The number of para-hydroxylation sites is 1. The predicted molar refractivity (Wildman–Crippen MR) is 64.6 cm³/mol. The van der Waals surface area contributed by atoms with E-state index in [1.54, 1.807) is 12.3 Å². The van der Waals surface area contributed by atoms with Gasteiger partial charge in [-0.05, 0) is 18.2 Å². The molecule has 2 aromatic rings. The molecule has 1 aliphatic heterocycles. The molecule has 0 saturated carbocycles. The fourth-order valence-electron chi connectivity index (χ4n) is 1.83. The van der Waals surface area contributed by atoms with Crippen LogP contribution in [0, 0.1) is 0 Å². The molecule has 3 rings (SSSR count). The maximum Gasteiger partial charge on any atom is 0.256 e. The van der Waals surface area contributed by atoms with Crippen molar-refractivity contribution in [2.45, 2.75) is 0 Å². The van der Waals surface area contributed by atoms with E-state index < -0.39 is 0 Å². The Morgan fingerprint density at radius 2 is 1.94 bits per heavy atom. The third-order valence-electron chi connectivity index (χ3n) is 2.61. The Kier molecular flexibility index (Phi) is 2.26. The number of aliphatic imine (C=N–C) groups is 1. The minimum absolute atomic E-state index is 0.0945. The van der Waals surface area contributed by atoms with Crippen LogP contribution >= 0.6 is 0 Å². The zero-order valence-electron chi connectivity index (χ0n) is 9.04. The lowest BCUT2D eigenvalue weighted by Gasteiger charge is -2.18. The number of rotatable bonds is 0. The maximum absolute atomic E-state index is 11.8. The van der Waals surface area contributed by atoms with E-state index in [9.17, 15) is 4.79 Å². The van der Waals surface area contributed by atoms with Crippen LogP contribution in [0.15, 0.2) is 58.4 Å². The lowest BCUT2D eigenvalue weighted by molar-refractivity contribution is 0.324. The zero-order chi connectivity index (χ0) is 11.7. The van der Waals surface area contributed by atoms with Crippen molar-refractivity contribution in [3.63, 3.8) is 0 Å². The average Bonchev–Trinajstić information content (AvgIpc) is 2.39. The largest absolute Gasteiger partial charge is 0.470 e. The Morgan fingerprint density at radius 1 is 1.12 bits per heavy atom. The van der Waals surface area contributed by atoms with Gasteiger partial charge in [0.2, 0.25) is 0 Å². The molecule has 4 heteroatoms. The van der Waals surface area contributed by atoms with Crippen LogP contribution in [0.3, 0.4) is 0 Å². The van der Waals surface area contributed by atoms with E-state index in [0.29, 0.717) is 5.84 Å². The van der Waals surface area contributed by atoms with Crippen LogP contribution in [0.2, 0.25) is 0 Å². The van der Waals surface area contributed by atoms with Gasteiger partial charge in [0, 0.05) is 12.3 Å². The van der Waals surface area contributed by atoms with Gasteiger partial charge in [-0.2, -0.15) is 0 Å². The van der Waals surface area contributed by atoms with Gasteiger partial charge in [-0.1, -0.05) is 18.2 Å². The molecule has 2 heterocycles. The first-order valence-corrected chi connectivity index (χ1v) is 5.31. The van der Waals surface area contributed by atoms with Gasteiger partial charge >= 0.3 is 0 Å². The molecule has 0 unspecified atom stereocenters. The van der Waals surface area contributed by atoms with E-state index >= 15 is 0 Å². The fourth-order valence-corrected chi connectivity index (χ4v) is 1.83. The van der Waals surface area contributed by atoms with Crippen molar-refractivity contribution in [3.05, 3.63) is 64.6 Å². The summed E-state index contributed by atoms with van der Waals surface area (Å²) < 4.78 is 6.94. The second-order valence-corrected chi connectivity index (χ2v) is 3.66. The lowest BCUT2D eigenvalue weighted by Crippen LogP contribution is -2.29. The van der Waals surface area contributed by atoms with E-state index in [0.717, 1.165) is 11.3 Å². The smallest absolute Gasteiger partial charge is 0.256 e. The third-order valence-corrected chi connectivity index (χ3v) is 2.61. The van der Waals surface area contributed by atoms with Crippen molar-refractivity contribution in [2.75, 3.05) is 6.73 Å². The van der Waals surface area contributed by atoms with Crippen LogP contribution in [0.4, 0.5) is 0 Å². The molecule has 0 radical (unpaired) electrons. The van der Waals surface area contributed by atoms with Crippen LogP contribution in [0.1, 0.15) is 5.56 Å². The molecule has 17 heavy (non-hydrogen) atoms. The minimum Gasteiger partial charge on any atom is -0.470 e. The summed E-state index contributed by atoms with van der Waals surface area (Å²) in [6.07, 6.45) is 1.71. The van der Waals surface area contributed by atoms with Gasteiger partial charge in [-0.15, -0.1) is 0 Å². The molecule has 0 spiro atoms. The second-order valence-electron chi connectivity index (χ2n) is 3.66. The Bertz CT molecular complexity index is 644. The van der Waals surface area contributed by atoms with Crippen LogP contribution in [-0.2, 0) is 0 Å². The van der Waals surface area contributed by atoms with Crippen LogP contribution < -0.4 is 10.3 Å². The Labute approximate surface area is 97.8 Å². The summed E-state index contributed by atoms with van der Waals surface area (Å²) in [5.74, 6) is 1.39. The van der Waals surface area contributed by atoms with E-state index in [-0.39, 0.29) is 12.3 Å². The number of hydrogen-bond acceptors (Lipinski definition) is 3. The molecule has 0 fully saturated rings. The monoisotopic (exact) mass is 226 g/mol. The highest BCUT2D eigenvalue weighted by molar-refractivity contribution is 6.03. The van der Waals surface area contributed by atoms with Crippen molar-refractivity contribution in [3.8, 4) is 5.75 Å². The molecule has 1 aromatic heterocycles. The number of nitrogens with zero attached hydrogens (tertiary/aromatic N) is 2. The molecule has 0 atom stereocenters. The fraction of sp³-hybridized carbons (Fsp3) is 0.0769. The summed E-state index contributed by atoms with van der Waals surface area (Å²) in [5, 5.41) is 0. The minimum atomic E-state index is -0.0945. The average molecular weight is 226 g/mol. The quantitative estimate of drug-likeness (QED) is 0.683. The van der Waals surface area contributed by atoms with Crippen molar-refractivity contribution < 1.29 is 4.74 Å². The SMILES string of the molecule is O=c1ccccn1C1=NCOc2ccccc21. The standard InChI is InChI=1S/C13H10N2O2/c16-12-7-3-4-8-15(12)13-10-5-1-2-6-11(10)17-9-14-13/h1-8H,9H2. The van der Waals surface area contributed by atoms with E-state index in [4.69, 9.17) is 4.74 Å². The molecular formula is C13H10N2O2. The van der Waals surface area contributed by atoms with Gasteiger partial charge < -0.3 is 4.74 Å². The summed E-state index contributed by atoms with van der Waals surface area (Å²) in [4.78, 5) is 16.0. The van der Waals surface area contributed by atoms with Crippen molar-refractivity contribution in [1.82, 2.24) is 4.57 Å². The molecule has 1 aliphatic rings. The summed E-state index contributed by atoms with van der Waals surface area (Å²) in [5.41, 5.74) is 0.745. The number of pyridine rings is 1. The molecule has 0 saturated heterocycles. The van der Waals surface area contributed by atoms with Crippen molar-refractivity contribution in [2.24, 2.45) is 4.99 Å². The predicted octanol–water partition coefficient (Wildman–Crippen LogP) is 1.49. The highest BCUT2D eigenvalue weighted by atomic mass is 16.5. The highest BCUT2D eigenvalue weighted by Gasteiger charge is 2.16. The summed E-state index contributed by atoms with van der Waals surface area (Å²) in [7, 11) is 0. The van der Waals surface area contributed by atoms with Crippen LogP contribution in [0.5, 0.6) is 5.75 Å². The van der Waals surface area contributed by atoms with Gasteiger partial charge in [0.15, 0.2) is 6.73 Å². The molecule has 0 bridgehead atoms. The van der Waals surface area contributed by atoms with E-state index in [1.807, 2.05) is 30.3 Å². The Morgan fingerprint density at radius 3 is 2.82 bits per heavy atom. The van der Waals surface area contributed by atoms with E-state index in [1.165, 1.54) is 10.6 Å². The van der Waals surface area contributed by atoms with Crippen LogP contribution in [-0.4, -0.2) is 17.1 Å². The first-order chi connectivity index (χ1) is 8.36. The van der Waals surface area contributed by atoms with Gasteiger partial charge in [-0.3, -0.25) is 9.36 Å². The maximum atomic E-state index is 11.8. The van der Waals surface area contributed by atoms with Crippen LogP contribution in [0.25, 0.3) is 0 Å². The zero-order valence-corrected chi connectivity index (χ0v) is 9.04. The van der Waals surface area contributed by atoms with Gasteiger partial charge in [0.05, 0.1) is 5.56 Å². The molecule has 1 aromatic carbocycles. The number of benzene rings is 1. The molecule has 0 N–H and O–H groups in total. The molecule has 4 nitrogen and oxygen atoms in total. The molecular weight excluding hydrogens is 216 g/mol. The van der Waals surface area contributed by atoms with Gasteiger partial charge in [0.25, 0.3) is 5.56 Å². The summed E-state index contributed by atoms with van der Waals surface area (Å²) in [6, 6.07) is 12.6. The molecule has 0 aliphatic carbocycles. The number of ether oxygens (including phenoxy) is 1. The summed E-state index contributed by atoms with van der Waals surface area (Å²) >= 11 is 0. The number of aromatic nitrogens is 1. The van der Waals surface area contributed by atoms with Gasteiger partial charge in [0.1, 0.15) is 11.6 Å². The number of fused-ring (bicyclic) bond motifs is 1. The molecule has 84 valence electrons. The van der Waals surface area contributed by atoms with Gasteiger partial charge in [-0.25, -0.2) is 4.99 Å². The number of hydrogen-bond donors (Lipinski definition) is 0. The van der Waals surface area contributed by atoms with Crippen molar-refractivity contribution >= 4 is 5.84 Å². The first kappa shape index (κ1) is 9.84. The molecule has 0 amide bonds. The Hall–Kier alpha value is -2.36. The topological polar surface area (TPSA) is 43.6 Å². The summed E-state index contributed by atoms with van der Waals surface area (Å²) in [6.45, 7) is 0.244. The Balaban J connectivity index is 2.20. The third kappa shape index (κ3) is 1.63. The normalized spacial score (nSPS) is 13.5. The second kappa shape index (κ2) is 3.90. The van der Waals surface area contributed by atoms with Crippen molar-refractivity contribution in [1.29, 1.82) is 0 Å². The lowest BCUT2D eigenvalue weighted by atomic mass is 10.1. The highest BCUT2D eigenvalue weighted by Crippen LogP contribution is 2.22. The van der Waals surface area contributed by atoms with E-state index in [2.05, 4.69) is 4.99 Å².